The van der Waals surface area contributed by atoms with E-state index in [-0.39, 0.29) is 11.7 Å². The summed E-state index contributed by atoms with van der Waals surface area (Å²) >= 11 is 0. The molecule has 3 aromatic rings. The van der Waals surface area contributed by atoms with Gasteiger partial charge < -0.3 is 15.0 Å². The second kappa shape index (κ2) is 11.8. The molecule has 6 heteroatoms. The molecule has 0 saturated carbocycles. The Morgan fingerprint density at radius 2 is 1.74 bits per heavy atom. The van der Waals surface area contributed by atoms with Gasteiger partial charge in [0, 0.05) is 56.1 Å². The van der Waals surface area contributed by atoms with E-state index in [1.807, 2.05) is 74.5 Å². The zero-order chi connectivity index (χ0) is 24.6. The zero-order valence-corrected chi connectivity index (χ0v) is 20.6. The molecule has 1 N–H and O–H groups in total. The van der Waals surface area contributed by atoms with E-state index in [0.717, 1.165) is 61.7 Å². The maximum Gasteiger partial charge on any atom is 0.251 e. The van der Waals surface area contributed by atoms with Crippen LogP contribution >= 0.6 is 0 Å². The smallest absolute Gasteiger partial charge is 0.251 e. The largest absolute Gasteiger partial charge is 0.494 e. The minimum Gasteiger partial charge on any atom is -0.494 e. The molecule has 3 aromatic carbocycles. The van der Waals surface area contributed by atoms with Gasteiger partial charge in [-0.2, -0.15) is 0 Å². The van der Waals surface area contributed by atoms with E-state index in [9.17, 15) is 9.18 Å². The van der Waals surface area contributed by atoms with Gasteiger partial charge in [0.15, 0.2) is 0 Å². The van der Waals surface area contributed by atoms with Crippen LogP contribution in [-0.4, -0.2) is 50.1 Å². The summed E-state index contributed by atoms with van der Waals surface area (Å²) in [7, 11) is 0. The number of piperazine rings is 1. The Labute approximate surface area is 207 Å². The number of rotatable bonds is 9. The van der Waals surface area contributed by atoms with Crippen LogP contribution in [0.2, 0.25) is 0 Å². The number of halogens is 1. The van der Waals surface area contributed by atoms with Gasteiger partial charge in [-0.05, 0) is 66.9 Å². The van der Waals surface area contributed by atoms with Crippen molar-refractivity contribution < 1.29 is 13.9 Å². The minimum atomic E-state index is -0.210. The first-order valence-corrected chi connectivity index (χ1v) is 12.4. The first-order valence-electron chi connectivity index (χ1n) is 12.4. The number of ether oxygens (including phenoxy) is 1. The zero-order valence-electron chi connectivity index (χ0n) is 20.6. The maximum absolute atomic E-state index is 15.0. The monoisotopic (exact) mass is 475 g/mol. The van der Waals surface area contributed by atoms with Crippen molar-refractivity contribution in [3.8, 4) is 16.9 Å². The third kappa shape index (κ3) is 6.40. The number of carbonyl (C=O) groups is 1. The predicted molar refractivity (Wildman–Crippen MR) is 140 cm³/mol. The molecule has 0 radical (unpaired) electrons. The highest BCUT2D eigenvalue weighted by Gasteiger charge is 2.18. The van der Waals surface area contributed by atoms with E-state index < -0.39 is 0 Å². The highest BCUT2D eigenvalue weighted by Crippen LogP contribution is 2.27. The number of amides is 1. The maximum atomic E-state index is 15.0. The normalized spacial score (nSPS) is 14.1. The summed E-state index contributed by atoms with van der Waals surface area (Å²) in [4.78, 5) is 16.8. The van der Waals surface area contributed by atoms with Crippen LogP contribution in [0.1, 0.15) is 36.2 Å². The van der Waals surface area contributed by atoms with Crippen LogP contribution in [0, 0.1) is 5.82 Å². The summed E-state index contributed by atoms with van der Waals surface area (Å²) in [6, 6.07) is 20.9. The summed E-state index contributed by atoms with van der Waals surface area (Å²) in [5.74, 6) is 0.516. The van der Waals surface area contributed by atoms with Crippen molar-refractivity contribution in [1.82, 2.24) is 10.2 Å². The number of nitrogens with one attached hydrogen (secondary N) is 1. The van der Waals surface area contributed by atoms with Gasteiger partial charge in [-0.1, -0.05) is 31.2 Å². The average molecular weight is 476 g/mol. The van der Waals surface area contributed by atoms with Crippen LogP contribution in [0.3, 0.4) is 0 Å². The lowest BCUT2D eigenvalue weighted by Crippen LogP contribution is -2.46. The van der Waals surface area contributed by atoms with Gasteiger partial charge in [-0.3, -0.25) is 9.69 Å². The number of benzene rings is 3. The highest BCUT2D eigenvalue weighted by molar-refractivity contribution is 5.94. The molecule has 0 spiro atoms. The van der Waals surface area contributed by atoms with Crippen molar-refractivity contribution in [3.63, 3.8) is 0 Å². The van der Waals surface area contributed by atoms with Gasteiger partial charge in [0.2, 0.25) is 0 Å². The Morgan fingerprint density at radius 3 is 2.43 bits per heavy atom. The van der Waals surface area contributed by atoms with Crippen LogP contribution in [0.5, 0.6) is 5.75 Å². The van der Waals surface area contributed by atoms with E-state index in [4.69, 9.17) is 4.74 Å². The molecule has 0 atom stereocenters. The summed E-state index contributed by atoms with van der Waals surface area (Å²) in [6.45, 7) is 9.57. The molecule has 1 aliphatic heterocycles. The quantitative estimate of drug-likeness (QED) is 0.453. The van der Waals surface area contributed by atoms with Crippen LogP contribution in [0.4, 0.5) is 10.1 Å². The van der Waals surface area contributed by atoms with Gasteiger partial charge >= 0.3 is 0 Å². The van der Waals surface area contributed by atoms with E-state index >= 15 is 0 Å². The Morgan fingerprint density at radius 1 is 0.971 bits per heavy atom. The van der Waals surface area contributed by atoms with E-state index in [1.54, 1.807) is 6.07 Å². The summed E-state index contributed by atoms with van der Waals surface area (Å²) in [6.07, 6.45) is 0.924. The molecule has 35 heavy (non-hydrogen) atoms. The number of nitrogens with zero attached hydrogens (tertiary/aromatic N) is 2. The second-order valence-electron chi connectivity index (χ2n) is 8.84. The van der Waals surface area contributed by atoms with Gasteiger partial charge in [0.1, 0.15) is 11.6 Å². The van der Waals surface area contributed by atoms with Crippen molar-refractivity contribution >= 4 is 11.6 Å². The Kier molecular flexibility index (Phi) is 8.37. The Hall–Kier alpha value is -3.38. The molecular formula is C29H34FN3O2. The van der Waals surface area contributed by atoms with Gasteiger partial charge in [0.05, 0.1) is 6.61 Å². The third-order valence-corrected chi connectivity index (χ3v) is 6.30. The Balaban J connectivity index is 1.32. The standard InChI is InChI=1S/C29H34FN3O2/c1-3-14-31-29(34)23-9-11-25(12-10-23)33-17-15-32(16-18-33)21-22-8-13-27(28(30)19-22)24-6-5-7-26(20-24)35-4-2/h5-13,19-20H,3-4,14-18,21H2,1-2H3,(H,31,34). The average Bonchev–Trinajstić information content (AvgIpc) is 2.88. The van der Waals surface area contributed by atoms with Crippen molar-refractivity contribution in [2.45, 2.75) is 26.8 Å². The van der Waals surface area contributed by atoms with Crippen molar-refractivity contribution in [3.05, 3.63) is 83.7 Å². The minimum absolute atomic E-state index is 0.0246. The second-order valence-corrected chi connectivity index (χ2v) is 8.84. The Bertz CT molecular complexity index is 1130. The molecule has 1 aliphatic rings. The summed E-state index contributed by atoms with van der Waals surface area (Å²) in [5, 5.41) is 2.91. The van der Waals surface area contributed by atoms with E-state index in [1.165, 1.54) is 0 Å². The number of hydrogen-bond donors (Lipinski definition) is 1. The van der Waals surface area contributed by atoms with Crippen LogP contribution < -0.4 is 15.0 Å². The molecule has 5 nitrogen and oxygen atoms in total. The van der Waals surface area contributed by atoms with Crippen LogP contribution in [0.25, 0.3) is 11.1 Å². The van der Waals surface area contributed by atoms with Gasteiger partial charge in [-0.25, -0.2) is 4.39 Å². The fourth-order valence-electron chi connectivity index (χ4n) is 4.40. The van der Waals surface area contributed by atoms with Crippen molar-refractivity contribution in [1.29, 1.82) is 0 Å². The third-order valence-electron chi connectivity index (χ3n) is 6.30. The molecule has 184 valence electrons. The fraction of sp³-hybridized carbons (Fsp3) is 0.345. The molecule has 1 fully saturated rings. The van der Waals surface area contributed by atoms with Crippen LogP contribution in [-0.2, 0) is 6.54 Å². The first-order chi connectivity index (χ1) is 17.1. The van der Waals surface area contributed by atoms with Gasteiger partial charge in [-0.15, -0.1) is 0 Å². The number of carbonyl (C=O) groups excluding carboxylic acids is 1. The summed E-state index contributed by atoms with van der Waals surface area (Å²) in [5.41, 5.74) is 4.20. The number of hydrogen-bond acceptors (Lipinski definition) is 4. The lowest BCUT2D eigenvalue weighted by molar-refractivity contribution is 0.0953. The molecule has 0 unspecified atom stereocenters. The van der Waals surface area contributed by atoms with Gasteiger partial charge in [0.25, 0.3) is 5.91 Å². The van der Waals surface area contributed by atoms with E-state index in [0.29, 0.717) is 24.3 Å². The molecule has 1 amide bonds. The lowest BCUT2D eigenvalue weighted by Gasteiger charge is -2.36. The van der Waals surface area contributed by atoms with Crippen LogP contribution in [0.15, 0.2) is 66.7 Å². The molecule has 0 aromatic heterocycles. The molecule has 0 bridgehead atoms. The molecule has 0 aliphatic carbocycles. The fourth-order valence-corrected chi connectivity index (χ4v) is 4.40. The van der Waals surface area contributed by atoms with E-state index in [2.05, 4.69) is 15.1 Å². The lowest BCUT2D eigenvalue weighted by atomic mass is 10.0. The topological polar surface area (TPSA) is 44.8 Å². The molecule has 1 heterocycles. The first kappa shape index (κ1) is 24.7. The number of anilines is 1. The predicted octanol–water partition coefficient (Wildman–Crippen LogP) is 5.35. The van der Waals surface area contributed by atoms with Crippen molar-refractivity contribution in [2.75, 3.05) is 44.2 Å². The summed E-state index contributed by atoms with van der Waals surface area (Å²) < 4.78 is 20.5. The molecule has 1 saturated heterocycles. The van der Waals surface area contributed by atoms with Crippen molar-refractivity contribution in [2.24, 2.45) is 0 Å². The molecular weight excluding hydrogens is 441 g/mol. The molecule has 4 rings (SSSR count). The highest BCUT2D eigenvalue weighted by atomic mass is 19.1. The SMILES string of the molecule is CCCNC(=O)c1ccc(N2CCN(Cc3ccc(-c4cccc(OCC)c4)c(F)c3)CC2)cc1.